The van der Waals surface area contributed by atoms with Crippen molar-refractivity contribution in [2.45, 2.75) is 38.1 Å². The largest absolute Gasteiger partial charge is 0.371 e. The zero-order valence-electron chi connectivity index (χ0n) is 31.7. The third kappa shape index (κ3) is 6.04. The first-order valence-electron chi connectivity index (χ1n) is 19.1. The van der Waals surface area contributed by atoms with Crippen LogP contribution in [0.25, 0.3) is 11.1 Å². The summed E-state index contributed by atoms with van der Waals surface area (Å²) < 4.78 is 0. The molecule has 1 N–H and O–H groups in total. The molecule has 6 heterocycles. The molecule has 3 aromatic carbocycles. The zero-order chi connectivity index (χ0) is 40.6. The number of hydrogen-bond acceptors (Lipinski definition) is 10. The molecule has 1 aromatic heterocycles. The van der Waals surface area contributed by atoms with Crippen molar-refractivity contribution in [2.24, 2.45) is 5.92 Å². The van der Waals surface area contributed by atoms with E-state index < -0.39 is 35.1 Å². The maximum absolute atomic E-state index is 13.6. The third-order valence-corrected chi connectivity index (χ3v) is 12.2. The van der Waals surface area contributed by atoms with Crippen molar-refractivity contribution in [3.63, 3.8) is 0 Å². The average Bonchev–Trinajstić information content (AvgIpc) is 3.56. The van der Waals surface area contributed by atoms with Crippen molar-refractivity contribution < 1.29 is 28.8 Å². The van der Waals surface area contributed by atoms with Gasteiger partial charge in [-0.1, -0.05) is 29.8 Å². The van der Waals surface area contributed by atoms with E-state index in [1.165, 1.54) is 6.20 Å². The van der Waals surface area contributed by atoms with Crippen LogP contribution in [0.4, 0.5) is 22.7 Å². The van der Waals surface area contributed by atoms with E-state index in [-0.39, 0.29) is 53.0 Å². The van der Waals surface area contributed by atoms with Crippen LogP contribution in [-0.4, -0.2) is 95.5 Å². The van der Waals surface area contributed by atoms with Crippen LogP contribution < -0.4 is 20.0 Å². The second-order valence-electron chi connectivity index (χ2n) is 15.9. The second kappa shape index (κ2) is 13.8. The van der Waals surface area contributed by atoms with E-state index in [0.717, 1.165) is 46.1 Å². The van der Waals surface area contributed by atoms with Gasteiger partial charge < -0.3 is 14.7 Å². The summed E-state index contributed by atoms with van der Waals surface area (Å²) in [6.45, 7) is 7.30. The topological polar surface area (TPSA) is 167 Å². The van der Waals surface area contributed by atoms with E-state index >= 15 is 0 Å². The minimum absolute atomic E-state index is 0.0122. The van der Waals surface area contributed by atoms with Crippen LogP contribution >= 0.6 is 11.6 Å². The van der Waals surface area contributed by atoms with Gasteiger partial charge in [-0.15, -0.1) is 0 Å². The van der Waals surface area contributed by atoms with Gasteiger partial charge in [-0.25, -0.2) is 4.98 Å². The molecular weight excluding hydrogens is 760 g/mol. The normalized spacial score (nSPS) is 20.3. The van der Waals surface area contributed by atoms with E-state index in [0.29, 0.717) is 36.9 Å². The van der Waals surface area contributed by atoms with Crippen molar-refractivity contribution in [3.8, 4) is 17.2 Å². The lowest BCUT2D eigenvalue weighted by Gasteiger charge is -2.45. The Balaban J connectivity index is 0.801. The number of nitriles is 1. The molecule has 1 atom stereocenters. The Hall–Kier alpha value is -6.59. The molecule has 6 amide bonds. The summed E-state index contributed by atoms with van der Waals surface area (Å²) in [4.78, 5) is 90.2. The maximum atomic E-state index is 13.6. The molecule has 0 saturated carbocycles. The van der Waals surface area contributed by atoms with E-state index in [1.54, 1.807) is 29.2 Å². The number of piperidine rings is 1. The number of nitrogens with one attached hydrogen (secondary N) is 1. The molecule has 5 aliphatic rings. The number of aromatic nitrogens is 1. The van der Waals surface area contributed by atoms with E-state index in [2.05, 4.69) is 45.5 Å². The highest BCUT2D eigenvalue weighted by atomic mass is 35.5. The predicted octanol–water partition coefficient (Wildman–Crippen LogP) is 4.42. The summed E-state index contributed by atoms with van der Waals surface area (Å²) in [5.74, 6) is -2.02. The number of carbonyl (C=O) groups is 6. The monoisotopic (exact) mass is 796 g/mol. The molecule has 0 aliphatic carbocycles. The van der Waals surface area contributed by atoms with Crippen LogP contribution in [0.2, 0.25) is 5.02 Å². The number of amides is 6. The molecule has 15 heteroatoms. The van der Waals surface area contributed by atoms with E-state index in [4.69, 9.17) is 11.6 Å². The summed E-state index contributed by atoms with van der Waals surface area (Å²) in [7, 11) is 0. The number of imide groups is 2. The lowest BCUT2D eigenvalue weighted by molar-refractivity contribution is -0.136. The van der Waals surface area contributed by atoms with Gasteiger partial charge in [-0.3, -0.25) is 43.9 Å². The molecule has 292 valence electrons. The second-order valence-corrected chi connectivity index (χ2v) is 16.3. The summed E-state index contributed by atoms with van der Waals surface area (Å²) in [6.07, 6.45) is 1.63. The number of piperazine rings is 1. The molecule has 0 spiro atoms. The van der Waals surface area contributed by atoms with Gasteiger partial charge in [-0.2, -0.15) is 5.26 Å². The standard InChI is InChI=1S/C43H37ClN8O6/c1-43(2)32-15-26(5-10-35(32)51(42(43)58)29-17-33(44)34(18-45)46-19-29)25-3-6-27(7-4-25)50-21-24(22-50)20-49-14-13-48(23-38(49)54)28-8-9-30-31(16-28)41(57)52(40(30)56)36-11-12-37(53)47-39(36)55/h3-10,15-17,19,24,36H,11-14,20-23H2,1-2H3,(H,47,53,55). The fourth-order valence-electron chi connectivity index (χ4n) is 8.65. The molecule has 5 aliphatic heterocycles. The molecular formula is C43H37ClN8O6. The molecule has 0 bridgehead atoms. The van der Waals surface area contributed by atoms with Gasteiger partial charge in [0.05, 0.1) is 45.7 Å². The van der Waals surface area contributed by atoms with Gasteiger partial charge in [0, 0.05) is 56.4 Å². The number of halogens is 1. The number of hydrogen-bond donors (Lipinski definition) is 1. The van der Waals surface area contributed by atoms with Crippen molar-refractivity contribution in [1.82, 2.24) is 20.1 Å². The van der Waals surface area contributed by atoms with Gasteiger partial charge >= 0.3 is 0 Å². The van der Waals surface area contributed by atoms with Crippen LogP contribution in [0, 0.1) is 17.2 Å². The number of anilines is 4. The number of pyridine rings is 1. The summed E-state index contributed by atoms with van der Waals surface area (Å²) in [6, 6.07) is 21.7. The number of nitrogens with zero attached hydrogens (tertiary/aromatic N) is 7. The maximum Gasteiger partial charge on any atom is 0.262 e. The highest BCUT2D eigenvalue weighted by molar-refractivity contribution is 6.32. The Kier molecular flexibility index (Phi) is 8.81. The van der Waals surface area contributed by atoms with Crippen molar-refractivity contribution in [3.05, 3.63) is 100 Å². The van der Waals surface area contributed by atoms with Gasteiger partial charge in [-0.05, 0) is 85.5 Å². The molecule has 0 radical (unpaired) electrons. The first-order valence-corrected chi connectivity index (χ1v) is 19.5. The molecule has 14 nitrogen and oxygen atoms in total. The van der Waals surface area contributed by atoms with Gasteiger partial charge in [0.25, 0.3) is 11.8 Å². The summed E-state index contributed by atoms with van der Waals surface area (Å²) >= 11 is 6.26. The van der Waals surface area contributed by atoms with Crippen LogP contribution in [0.3, 0.4) is 0 Å². The minimum Gasteiger partial charge on any atom is -0.371 e. The molecule has 3 fully saturated rings. The van der Waals surface area contributed by atoms with E-state index in [9.17, 15) is 34.0 Å². The third-order valence-electron chi connectivity index (χ3n) is 11.9. The molecule has 3 saturated heterocycles. The molecule has 1 unspecified atom stereocenters. The fourth-order valence-corrected chi connectivity index (χ4v) is 8.86. The Morgan fingerprint density at radius 3 is 2.28 bits per heavy atom. The van der Waals surface area contributed by atoms with Gasteiger partial charge in [0.15, 0.2) is 5.69 Å². The Labute approximate surface area is 338 Å². The lowest BCUT2D eigenvalue weighted by Crippen LogP contribution is -2.57. The minimum atomic E-state index is -1.03. The lowest BCUT2D eigenvalue weighted by atomic mass is 9.84. The summed E-state index contributed by atoms with van der Waals surface area (Å²) in [5.41, 5.74) is 5.59. The number of fused-ring (bicyclic) bond motifs is 2. The number of carbonyl (C=O) groups excluding carboxylic acids is 6. The van der Waals surface area contributed by atoms with Crippen LogP contribution in [-0.2, 0) is 24.6 Å². The number of benzene rings is 3. The van der Waals surface area contributed by atoms with Crippen molar-refractivity contribution in [1.29, 1.82) is 5.26 Å². The van der Waals surface area contributed by atoms with Gasteiger partial charge in [0.2, 0.25) is 23.6 Å². The Bertz CT molecular complexity index is 2530. The van der Waals surface area contributed by atoms with Crippen LogP contribution in [0.1, 0.15) is 58.7 Å². The SMILES string of the molecule is CC1(C)C(=O)N(c2cnc(C#N)c(Cl)c2)c2ccc(-c3ccc(N4CC(CN5CCN(c6ccc7c(c6)C(=O)N(C6CCC(=O)NC6=O)C7=O)CC5=O)C4)cc3)cc21. The van der Waals surface area contributed by atoms with Crippen molar-refractivity contribution in [2.75, 3.05) is 54.0 Å². The Morgan fingerprint density at radius 2 is 1.57 bits per heavy atom. The van der Waals surface area contributed by atoms with Crippen LogP contribution in [0.5, 0.6) is 0 Å². The molecule has 9 rings (SSSR count). The highest BCUT2D eigenvalue weighted by Gasteiger charge is 2.46. The molecule has 4 aromatic rings. The van der Waals surface area contributed by atoms with Gasteiger partial charge in [0.1, 0.15) is 12.1 Å². The van der Waals surface area contributed by atoms with E-state index in [1.807, 2.05) is 41.8 Å². The predicted molar refractivity (Wildman–Crippen MR) is 214 cm³/mol. The summed E-state index contributed by atoms with van der Waals surface area (Å²) in [5, 5.41) is 11.6. The fraction of sp³-hybridized carbons (Fsp3) is 0.302. The van der Waals surface area contributed by atoms with Crippen molar-refractivity contribution >= 4 is 69.8 Å². The molecule has 58 heavy (non-hydrogen) atoms. The quantitative estimate of drug-likeness (QED) is 0.265. The van der Waals surface area contributed by atoms with Crippen LogP contribution in [0.15, 0.2) is 72.9 Å². The zero-order valence-corrected chi connectivity index (χ0v) is 32.5. The smallest absolute Gasteiger partial charge is 0.262 e. The first kappa shape index (κ1) is 37.0. The highest BCUT2D eigenvalue weighted by Crippen LogP contribution is 2.47. The Morgan fingerprint density at radius 1 is 0.845 bits per heavy atom. The number of rotatable bonds is 7. The first-order chi connectivity index (χ1) is 27.8. The average molecular weight is 797 g/mol.